The number of amides is 2. The second-order valence-corrected chi connectivity index (χ2v) is 18.0. The maximum Gasteiger partial charge on any atom is 0.301 e. The molecule has 60 heavy (non-hydrogen) atoms. The molecule has 3 aliphatic rings. The van der Waals surface area contributed by atoms with Crippen molar-refractivity contribution in [1.29, 1.82) is 0 Å². The van der Waals surface area contributed by atoms with Crippen molar-refractivity contribution in [2.75, 3.05) is 73.9 Å². The van der Waals surface area contributed by atoms with Gasteiger partial charge in [-0.25, -0.2) is 9.07 Å². The lowest BCUT2D eigenvalue weighted by molar-refractivity contribution is -0.134. The Balaban J connectivity index is 0.889. The number of nitrogens with zero attached hydrogens (tertiary/aromatic N) is 7. The lowest BCUT2D eigenvalue weighted by atomic mass is 9.90. The van der Waals surface area contributed by atoms with Gasteiger partial charge >= 0.3 is 10.2 Å². The van der Waals surface area contributed by atoms with E-state index in [0.29, 0.717) is 35.6 Å². The number of pyridine rings is 1. The van der Waals surface area contributed by atoms with Gasteiger partial charge in [-0.1, -0.05) is 30.7 Å². The molecule has 3 fully saturated rings. The van der Waals surface area contributed by atoms with E-state index in [1.807, 2.05) is 24.3 Å². The molecule has 13 nitrogen and oxygen atoms in total. The topological polar surface area (TPSA) is 136 Å². The number of piperidine rings is 2. The van der Waals surface area contributed by atoms with Crippen LogP contribution in [0, 0.1) is 11.7 Å². The molecule has 3 aliphatic heterocycles. The highest BCUT2D eigenvalue weighted by Crippen LogP contribution is 2.38. The van der Waals surface area contributed by atoms with Crippen molar-refractivity contribution in [3.05, 3.63) is 108 Å². The highest BCUT2D eigenvalue weighted by Gasteiger charge is 2.29. The van der Waals surface area contributed by atoms with Crippen LogP contribution in [-0.4, -0.2) is 104 Å². The number of rotatable bonds is 12. The summed E-state index contributed by atoms with van der Waals surface area (Å²) in [4.78, 5) is 35.4. The summed E-state index contributed by atoms with van der Waals surface area (Å²) in [6.45, 7) is 8.80. The first-order chi connectivity index (χ1) is 28.9. The standard InChI is InChI=1S/C44H49ClFN9O4S/c1-3-51(2)60(58,59)50-40-27-33(45)26-38(42(40)46)39-29-55(49-43(39)32-14-18-47-19-15-32)36-10-8-35(9-11-36)54-24-22-52(23-25-54)28-30-16-20-53(21-17-30)34-6-4-31(5-7-34)37-12-13-41(56)48-44(37)57/h4-11,14-15,18-19,26-27,29-30,37,50H,3,12-13,16-17,20-25,28H2,1-2H3,(H,48,56,57)/t37-/m1/s1. The molecular weight excluding hydrogens is 805 g/mol. The Morgan fingerprint density at radius 1 is 0.850 bits per heavy atom. The van der Waals surface area contributed by atoms with Gasteiger partial charge in [0.1, 0.15) is 5.69 Å². The molecule has 0 spiro atoms. The van der Waals surface area contributed by atoms with Crippen molar-refractivity contribution in [2.45, 2.75) is 38.5 Å². The minimum Gasteiger partial charge on any atom is -0.372 e. The van der Waals surface area contributed by atoms with Crippen molar-refractivity contribution in [3.63, 3.8) is 0 Å². The highest BCUT2D eigenvalue weighted by atomic mass is 35.5. The van der Waals surface area contributed by atoms with Crippen molar-refractivity contribution in [3.8, 4) is 28.1 Å². The van der Waals surface area contributed by atoms with Gasteiger partial charge < -0.3 is 9.80 Å². The van der Waals surface area contributed by atoms with E-state index < -0.39 is 16.0 Å². The minimum absolute atomic E-state index is 0.107. The van der Waals surface area contributed by atoms with Crippen LogP contribution in [0.15, 0.2) is 91.4 Å². The van der Waals surface area contributed by atoms with Gasteiger partial charge in [-0.2, -0.15) is 17.8 Å². The molecule has 0 aliphatic carbocycles. The van der Waals surface area contributed by atoms with Crippen molar-refractivity contribution < 1.29 is 22.4 Å². The predicted molar refractivity (Wildman–Crippen MR) is 233 cm³/mol. The van der Waals surface area contributed by atoms with Crippen LogP contribution in [0.25, 0.3) is 28.1 Å². The van der Waals surface area contributed by atoms with Gasteiger partial charge in [-0.05, 0) is 91.4 Å². The summed E-state index contributed by atoms with van der Waals surface area (Å²) >= 11 is 6.46. The molecule has 0 bridgehead atoms. The maximum atomic E-state index is 16.2. The van der Waals surface area contributed by atoms with Gasteiger partial charge in [-0.3, -0.25) is 29.5 Å². The van der Waals surface area contributed by atoms with Crippen molar-refractivity contribution >= 4 is 50.7 Å². The molecule has 8 rings (SSSR count). The Kier molecular flexibility index (Phi) is 12.2. The smallest absolute Gasteiger partial charge is 0.301 e. The average Bonchev–Trinajstić information content (AvgIpc) is 3.71. The summed E-state index contributed by atoms with van der Waals surface area (Å²) in [5, 5.41) is 7.51. The number of carbonyl (C=O) groups is 2. The molecule has 3 aromatic carbocycles. The third kappa shape index (κ3) is 9.04. The average molecular weight is 854 g/mol. The normalized spacial score (nSPS) is 18.2. The lowest BCUT2D eigenvalue weighted by Crippen LogP contribution is -2.49. The van der Waals surface area contributed by atoms with E-state index in [4.69, 9.17) is 16.7 Å². The molecule has 2 N–H and O–H groups in total. The highest BCUT2D eigenvalue weighted by molar-refractivity contribution is 7.90. The maximum absolute atomic E-state index is 16.2. The number of hydrogen-bond acceptors (Lipinski definition) is 9. The number of carbonyl (C=O) groups excluding carboxylic acids is 2. The SMILES string of the molecule is CCN(C)S(=O)(=O)Nc1cc(Cl)cc(-c2cn(-c3ccc(N4CCN(CC5CCN(c6ccc([C@H]7CCC(=O)NC7=O)cc6)CC5)CC4)cc3)nc2-c2ccncc2)c1F. The van der Waals surface area contributed by atoms with Gasteiger partial charge in [0.05, 0.1) is 17.3 Å². The Morgan fingerprint density at radius 3 is 2.13 bits per heavy atom. The summed E-state index contributed by atoms with van der Waals surface area (Å²) in [6, 6.07) is 22.8. The second kappa shape index (κ2) is 17.7. The predicted octanol–water partition coefficient (Wildman–Crippen LogP) is 6.56. The monoisotopic (exact) mass is 853 g/mol. The number of piperazine rings is 1. The summed E-state index contributed by atoms with van der Waals surface area (Å²) in [5.41, 5.74) is 5.54. The molecule has 16 heteroatoms. The fraction of sp³-hybridized carbons (Fsp3) is 0.364. The van der Waals surface area contributed by atoms with Gasteiger partial charge in [-0.15, -0.1) is 0 Å². The zero-order valence-corrected chi connectivity index (χ0v) is 35.3. The molecule has 314 valence electrons. The van der Waals surface area contributed by atoms with Crippen LogP contribution < -0.4 is 19.8 Å². The molecule has 2 amide bonds. The number of benzene rings is 3. The van der Waals surface area contributed by atoms with Crippen LogP contribution in [0.1, 0.15) is 44.1 Å². The van der Waals surface area contributed by atoms with Crippen LogP contribution in [0.5, 0.6) is 0 Å². The molecule has 0 saturated carbocycles. The molecule has 2 aromatic heterocycles. The van der Waals surface area contributed by atoms with Crippen LogP contribution in [0.3, 0.4) is 0 Å². The summed E-state index contributed by atoms with van der Waals surface area (Å²) in [7, 11) is -2.60. The number of aromatic nitrogens is 3. The molecule has 0 radical (unpaired) electrons. The molecule has 5 aromatic rings. The molecule has 3 saturated heterocycles. The Morgan fingerprint density at radius 2 is 1.48 bits per heavy atom. The van der Waals surface area contributed by atoms with E-state index in [2.05, 4.69) is 54.0 Å². The van der Waals surface area contributed by atoms with Crippen molar-refractivity contribution in [2.24, 2.45) is 5.92 Å². The number of nitrogens with one attached hydrogen (secondary N) is 2. The lowest BCUT2D eigenvalue weighted by Gasteiger charge is -2.40. The van der Waals surface area contributed by atoms with E-state index in [1.165, 1.54) is 24.9 Å². The van der Waals surface area contributed by atoms with Crippen molar-refractivity contribution in [1.82, 2.24) is 29.3 Å². The number of halogens is 2. The third-order valence-corrected chi connectivity index (χ3v) is 13.7. The van der Waals surface area contributed by atoms with Gasteiger partial charge in [0.2, 0.25) is 11.8 Å². The first kappa shape index (κ1) is 41.4. The van der Waals surface area contributed by atoms with Crippen LogP contribution in [0.2, 0.25) is 5.02 Å². The second-order valence-electron chi connectivity index (χ2n) is 15.7. The summed E-state index contributed by atoms with van der Waals surface area (Å²) in [6.07, 6.45) is 8.22. The van der Waals surface area contributed by atoms with Gasteiger partial charge in [0.25, 0.3) is 0 Å². The Hall–Kier alpha value is -5.35. The zero-order valence-electron chi connectivity index (χ0n) is 33.7. The molecule has 1 atom stereocenters. The Labute approximate surface area is 355 Å². The van der Waals surface area contributed by atoms with E-state index >= 15 is 4.39 Å². The molecule has 0 unspecified atom stereocenters. The van der Waals surface area contributed by atoms with E-state index in [-0.39, 0.29) is 40.6 Å². The van der Waals surface area contributed by atoms with Crippen LogP contribution in [0.4, 0.5) is 21.5 Å². The number of imide groups is 1. The molecule has 5 heterocycles. The minimum atomic E-state index is -4.01. The fourth-order valence-corrected chi connectivity index (χ4v) is 9.49. The van der Waals surface area contributed by atoms with Gasteiger partial charge in [0, 0.05) is 118 Å². The number of anilines is 3. The first-order valence-corrected chi connectivity index (χ1v) is 22.3. The first-order valence-electron chi connectivity index (χ1n) is 20.5. The van der Waals surface area contributed by atoms with E-state index in [0.717, 1.165) is 79.9 Å². The summed E-state index contributed by atoms with van der Waals surface area (Å²) in [5.74, 6) is -0.774. The quantitative estimate of drug-likeness (QED) is 0.134. The van der Waals surface area contributed by atoms with Crippen LogP contribution >= 0.6 is 11.6 Å². The zero-order chi connectivity index (χ0) is 42.0. The van der Waals surface area contributed by atoms with E-state index in [1.54, 1.807) is 42.3 Å². The van der Waals surface area contributed by atoms with Gasteiger partial charge in [0.15, 0.2) is 5.82 Å². The molecular formula is C44H49ClFN9O4S. The number of hydrogen-bond donors (Lipinski definition) is 2. The third-order valence-electron chi connectivity index (χ3n) is 12.0. The largest absolute Gasteiger partial charge is 0.372 e. The van der Waals surface area contributed by atoms with Crippen LogP contribution in [-0.2, 0) is 19.8 Å². The Bertz CT molecular complexity index is 2440. The summed E-state index contributed by atoms with van der Waals surface area (Å²) < 4.78 is 47.0. The fourth-order valence-electron chi connectivity index (χ4n) is 8.35. The van der Waals surface area contributed by atoms with E-state index in [9.17, 15) is 18.0 Å².